The van der Waals surface area contributed by atoms with Gasteiger partial charge in [0.25, 0.3) is 0 Å². The van der Waals surface area contributed by atoms with Gasteiger partial charge in [-0.3, -0.25) is 0 Å². The Bertz CT molecular complexity index is 625. The van der Waals surface area contributed by atoms with Crippen molar-refractivity contribution >= 4 is 11.7 Å². The van der Waals surface area contributed by atoms with Crippen LogP contribution in [0.2, 0.25) is 0 Å². The smallest absolute Gasteiger partial charge is 0.339 e. The number of carboxylic acids is 1. The fraction of sp³-hybridized carbons (Fsp3) is 0.133. The van der Waals surface area contributed by atoms with Crippen molar-refractivity contribution in [1.82, 2.24) is 0 Å². The third-order valence-electron chi connectivity index (χ3n) is 3.01. The number of para-hydroxylation sites is 2. The maximum atomic E-state index is 10.9. The van der Waals surface area contributed by atoms with Crippen LogP contribution in [0.25, 0.3) is 0 Å². The van der Waals surface area contributed by atoms with Gasteiger partial charge in [-0.05, 0) is 12.1 Å². The van der Waals surface area contributed by atoms with Crippen LogP contribution in [0.15, 0.2) is 42.5 Å². The number of aromatic hydroxyl groups is 1. The van der Waals surface area contributed by atoms with Crippen molar-refractivity contribution in [3.05, 3.63) is 59.2 Å². The van der Waals surface area contributed by atoms with Crippen LogP contribution in [0, 0.1) is 0 Å². The average molecular weight is 273 g/mol. The summed E-state index contributed by atoms with van der Waals surface area (Å²) in [4.78, 5) is 10.9. The highest BCUT2D eigenvalue weighted by Crippen LogP contribution is 2.24. The van der Waals surface area contributed by atoms with Crippen LogP contribution in [0.5, 0.6) is 5.75 Å². The number of carboxylic acid groups (broad SMARTS) is 1. The molecule has 2 aromatic rings. The number of hydrogen-bond acceptors (Lipinski definition) is 4. The van der Waals surface area contributed by atoms with E-state index in [1.165, 1.54) is 6.07 Å². The Labute approximate surface area is 116 Å². The molecule has 0 saturated carbocycles. The Morgan fingerprint density at radius 2 is 1.75 bits per heavy atom. The molecular weight excluding hydrogens is 258 g/mol. The summed E-state index contributed by atoms with van der Waals surface area (Å²) >= 11 is 0. The van der Waals surface area contributed by atoms with Gasteiger partial charge >= 0.3 is 5.97 Å². The van der Waals surface area contributed by atoms with Gasteiger partial charge in [-0.1, -0.05) is 30.3 Å². The number of hydrogen-bond donors (Lipinski definition) is 4. The lowest BCUT2D eigenvalue weighted by molar-refractivity contribution is 0.0693. The topological polar surface area (TPSA) is 89.8 Å². The van der Waals surface area contributed by atoms with Crippen LogP contribution in [-0.4, -0.2) is 21.3 Å². The zero-order chi connectivity index (χ0) is 14.5. The SMILES string of the molecule is O=C(O)c1cccc(CNc2ccccc2CO)c1O. The summed E-state index contributed by atoms with van der Waals surface area (Å²) in [5, 5.41) is 31.1. The molecule has 0 aliphatic rings. The van der Waals surface area contributed by atoms with E-state index in [4.69, 9.17) is 5.11 Å². The van der Waals surface area contributed by atoms with Crippen molar-refractivity contribution in [2.45, 2.75) is 13.2 Å². The molecule has 0 atom stereocenters. The van der Waals surface area contributed by atoms with E-state index < -0.39 is 5.97 Å². The van der Waals surface area contributed by atoms with Crippen LogP contribution in [0.3, 0.4) is 0 Å². The third kappa shape index (κ3) is 2.89. The first kappa shape index (κ1) is 13.9. The van der Waals surface area contributed by atoms with Gasteiger partial charge in [-0.15, -0.1) is 0 Å². The Morgan fingerprint density at radius 1 is 1.05 bits per heavy atom. The van der Waals surface area contributed by atoms with Crippen molar-refractivity contribution in [2.75, 3.05) is 5.32 Å². The summed E-state index contributed by atoms with van der Waals surface area (Å²) in [6.45, 7) is 0.175. The third-order valence-corrected chi connectivity index (χ3v) is 3.01. The minimum atomic E-state index is -1.17. The van der Waals surface area contributed by atoms with Gasteiger partial charge in [0, 0.05) is 23.4 Å². The molecule has 0 amide bonds. The number of carbonyl (C=O) groups is 1. The van der Waals surface area contributed by atoms with E-state index in [0.29, 0.717) is 5.56 Å². The van der Waals surface area contributed by atoms with E-state index >= 15 is 0 Å². The number of anilines is 1. The predicted molar refractivity (Wildman–Crippen MR) is 74.8 cm³/mol. The number of aromatic carboxylic acids is 1. The molecule has 4 N–H and O–H groups in total. The Hall–Kier alpha value is -2.53. The lowest BCUT2D eigenvalue weighted by atomic mass is 10.1. The summed E-state index contributed by atoms with van der Waals surface area (Å²) in [7, 11) is 0. The molecule has 0 spiro atoms. The number of nitrogens with one attached hydrogen (secondary N) is 1. The Kier molecular flexibility index (Phi) is 4.22. The molecule has 0 bridgehead atoms. The van der Waals surface area contributed by atoms with Gasteiger partial charge in [0.05, 0.1) is 6.61 Å². The van der Waals surface area contributed by atoms with Crippen LogP contribution >= 0.6 is 0 Å². The molecule has 0 aromatic heterocycles. The summed E-state index contributed by atoms with van der Waals surface area (Å²) in [6.07, 6.45) is 0. The van der Waals surface area contributed by atoms with Gasteiger partial charge in [-0.25, -0.2) is 4.79 Å². The van der Waals surface area contributed by atoms with Gasteiger partial charge in [0.1, 0.15) is 11.3 Å². The number of aliphatic hydroxyl groups is 1. The van der Waals surface area contributed by atoms with Crippen molar-refractivity contribution < 1.29 is 20.1 Å². The molecule has 0 unspecified atom stereocenters. The van der Waals surface area contributed by atoms with Crippen LogP contribution in [0.4, 0.5) is 5.69 Å². The highest BCUT2D eigenvalue weighted by atomic mass is 16.4. The maximum Gasteiger partial charge on any atom is 0.339 e. The number of rotatable bonds is 5. The predicted octanol–water partition coefficient (Wildman–Crippen LogP) is 2.19. The van der Waals surface area contributed by atoms with E-state index in [9.17, 15) is 15.0 Å². The molecule has 104 valence electrons. The number of benzene rings is 2. The number of aliphatic hydroxyl groups excluding tert-OH is 1. The quantitative estimate of drug-likeness (QED) is 0.670. The van der Waals surface area contributed by atoms with Crippen LogP contribution in [-0.2, 0) is 13.2 Å². The molecular formula is C15H15NO4. The number of phenols is 1. The minimum absolute atomic E-state index is 0.0929. The molecule has 0 aliphatic heterocycles. The van der Waals surface area contributed by atoms with Gasteiger partial charge in [0.2, 0.25) is 0 Å². The fourth-order valence-corrected chi connectivity index (χ4v) is 1.93. The van der Waals surface area contributed by atoms with E-state index in [0.717, 1.165) is 11.3 Å². The summed E-state index contributed by atoms with van der Waals surface area (Å²) in [5.41, 5.74) is 1.84. The van der Waals surface area contributed by atoms with E-state index in [1.807, 2.05) is 18.2 Å². The molecule has 0 heterocycles. The van der Waals surface area contributed by atoms with E-state index in [1.54, 1.807) is 18.2 Å². The Morgan fingerprint density at radius 3 is 2.45 bits per heavy atom. The van der Waals surface area contributed by atoms with Crippen LogP contribution in [0.1, 0.15) is 21.5 Å². The Balaban J connectivity index is 2.19. The van der Waals surface area contributed by atoms with Crippen LogP contribution < -0.4 is 5.32 Å². The fourth-order valence-electron chi connectivity index (χ4n) is 1.93. The monoisotopic (exact) mass is 273 g/mol. The largest absolute Gasteiger partial charge is 0.507 e. The van der Waals surface area contributed by atoms with E-state index in [-0.39, 0.29) is 24.5 Å². The lowest BCUT2D eigenvalue weighted by Gasteiger charge is -2.12. The van der Waals surface area contributed by atoms with Crippen molar-refractivity contribution in [2.24, 2.45) is 0 Å². The zero-order valence-corrected chi connectivity index (χ0v) is 10.7. The second-order valence-electron chi connectivity index (χ2n) is 4.29. The summed E-state index contributed by atoms with van der Waals surface area (Å²) in [5.74, 6) is -1.41. The molecule has 5 nitrogen and oxygen atoms in total. The highest BCUT2D eigenvalue weighted by molar-refractivity contribution is 5.91. The van der Waals surface area contributed by atoms with E-state index in [2.05, 4.69) is 5.32 Å². The van der Waals surface area contributed by atoms with Gasteiger partial charge in [-0.2, -0.15) is 0 Å². The summed E-state index contributed by atoms with van der Waals surface area (Å²) < 4.78 is 0. The van der Waals surface area contributed by atoms with Crippen molar-refractivity contribution in [1.29, 1.82) is 0 Å². The van der Waals surface area contributed by atoms with Gasteiger partial charge < -0.3 is 20.6 Å². The molecule has 0 fully saturated rings. The zero-order valence-electron chi connectivity index (χ0n) is 10.7. The van der Waals surface area contributed by atoms with Crippen molar-refractivity contribution in [3.8, 4) is 5.75 Å². The molecule has 0 radical (unpaired) electrons. The first-order valence-electron chi connectivity index (χ1n) is 6.10. The average Bonchev–Trinajstić information content (AvgIpc) is 2.46. The first-order chi connectivity index (χ1) is 9.63. The van der Waals surface area contributed by atoms with Crippen molar-refractivity contribution in [3.63, 3.8) is 0 Å². The molecule has 2 rings (SSSR count). The molecule has 0 aliphatic carbocycles. The standard InChI is InChI=1S/C15H15NO4/c17-9-11-4-1-2-7-13(11)16-8-10-5-3-6-12(14(10)18)15(19)20/h1-7,16-18H,8-9H2,(H,19,20). The first-order valence-corrected chi connectivity index (χ1v) is 6.10. The second-order valence-corrected chi connectivity index (χ2v) is 4.29. The lowest BCUT2D eigenvalue weighted by Crippen LogP contribution is -2.05. The summed E-state index contributed by atoms with van der Waals surface area (Å²) in [6, 6.07) is 11.8. The highest BCUT2D eigenvalue weighted by Gasteiger charge is 2.12. The molecule has 20 heavy (non-hydrogen) atoms. The van der Waals surface area contributed by atoms with Gasteiger partial charge in [0.15, 0.2) is 0 Å². The second kappa shape index (κ2) is 6.08. The maximum absolute atomic E-state index is 10.9. The molecule has 2 aromatic carbocycles. The normalized spacial score (nSPS) is 10.2. The minimum Gasteiger partial charge on any atom is -0.507 e. The molecule has 5 heteroatoms. The molecule has 0 saturated heterocycles.